The summed E-state index contributed by atoms with van der Waals surface area (Å²) in [6, 6.07) is -0.550. The maximum absolute atomic E-state index is 12.5. The molecule has 0 radical (unpaired) electrons. The largest absolute Gasteiger partial charge is 0.466 e. The number of allylic oxidation sites excluding steroid dienone is 4. The second kappa shape index (κ2) is 63.9. The Morgan fingerprint density at radius 2 is 0.676 bits per heavy atom. The number of hydrogen-bond acceptors (Lipinski definition) is 5. The molecule has 3 N–H and O–H groups in total. The van der Waals surface area contributed by atoms with Gasteiger partial charge in [0.1, 0.15) is 0 Å². The summed E-state index contributed by atoms with van der Waals surface area (Å²) in [6.45, 7) is 4.98. The number of rotatable bonds is 63. The van der Waals surface area contributed by atoms with Gasteiger partial charge in [-0.3, -0.25) is 9.59 Å². The first-order chi connectivity index (χ1) is 36.5. The van der Waals surface area contributed by atoms with E-state index in [4.69, 9.17) is 4.74 Å². The molecule has 438 valence electrons. The maximum atomic E-state index is 12.5. The Balaban J connectivity index is 3.44. The molecule has 0 aromatic carbocycles. The average molecular weight is 1040 g/mol. The fourth-order valence-electron chi connectivity index (χ4n) is 10.6. The van der Waals surface area contributed by atoms with Crippen LogP contribution in [0.2, 0.25) is 0 Å². The van der Waals surface area contributed by atoms with Gasteiger partial charge in [0.2, 0.25) is 5.91 Å². The van der Waals surface area contributed by atoms with Crippen LogP contribution >= 0.6 is 0 Å². The van der Waals surface area contributed by atoms with Crippen molar-refractivity contribution in [2.45, 2.75) is 386 Å². The Kier molecular flexibility index (Phi) is 62.4. The van der Waals surface area contributed by atoms with Gasteiger partial charge in [0, 0.05) is 12.8 Å². The quantitative estimate of drug-likeness (QED) is 0.0320. The van der Waals surface area contributed by atoms with Crippen molar-refractivity contribution in [1.82, 2.24) is 5.32 Å². The van der Waals surface area contributed by atoms with Crippen molar-refractivity contribution >= 4 is 11.9 Å². The predicted molar refractivity (Wildman–Crippen MR) is 324 cm³/mol. The third-order valence-electron chi connectivity index (χ3n) is 15.8. The fourth-order valence-corrected chi connectivity index (χ4v) is 10.6. The van der Waals surface area contributed by atoms with E-state index in [1.54, 1.807) is 0 Å². The molecule has 1 amide bonds. The van der Waals surface area contributed by atoms with Crippen molar-refractivity contribution in [3.8, 4) is 0 Å². The van der Waals surface area contributed by atoms with E-state index >= 15 is 0 Å². The zero-order valence-corrected chi connectivity index (χ0v) is 50.1. The Labute approximate surface area is 462 Å². The van der Waals surface area contributed by atoms with Crippen molar-refractivity contribution < 1.29 is 24.5 Å². The molecule has 0 heterocycles. The third-order valence-corrected chi connectivity index (χ3v) is 15.8. The molecule has 0 bridgehead atoms. The number of amides is 1. The van der Waals surface area contributed by atoms with Crippen LogP contribution in [0.3, 0.4) is 0 Å². The van der Waals surface area contributed by atoms with E-state index in [1.807, 2.05) is 0 Å². The van der Waals surface area contributed by atoms with Gasteiger partial charge in [0.15, 0.2) is 0 Å². The Hall–Kier alpha value is -1.66. The molecular weight excluding hydrogens is 911 g/mol. The van der Waals surface area contributed by atoms with E-state index in [1.165, 1.54) is 295 Å². The van der Waals surface area contributed by atoms with Crippen LogP contribution in [0.15, 0.2) is 24.3 Å². The summed E-state index contributed by atoms with van der Waals surface area (Å²) in [4.78, 5) is 24.6. The van der Waals surface area contributed by atoms with Gasteiger partial charge in [-0.1, -0.05) is 327 Å². The highest BCUT2D eigenvalue weighted by Crippen LogP contribution is 2.18. The first kappa shape index (κ1) is 72.3. The molecule has 6 heteroatoms. The number of unbranched alkanes of at least 4 members (excludes halogenated alkanes) is 48. The standard InChI is InChI=1S/C68H131NO5/c1-3-5-7-9-11-13-15-17-18-19-20-24-27-30-33-37-40-44-48-52-56-60-66(71)65(64-70)69-67(72)61-57-53-49-45-41-38-34-31-28-25-22-21-23-26-29-32-35-39-43-47-51-55-59-63-74-68(73)62-58-54-50-46-42-36-16-14-12-10-8-6-4-2/h21,23,25,28,65-66,70-71H,3-20,22,24,26-27,29-64H2,1-2H3,(H,69,72)/b23-21-,28-25-. The number of esters is 1. The lowest BCUT2D eigenvalue weighted by molar-refractivity contribution is -0.143. The number of carbonyl (C=O) groups is 2. The van der Waals surface area contributed by atoms with Gasteiger partial charge in [-0.15, -0.1) is 0 Å². The van der Waals surface area contributed by atoms with Crippen LogP contribution in [-0.2, 0) is 14.3 Å². The van der Waals surface area contributed by atoms with Crippen molar-refractivity contribution in [2.24, 2.45) is 0 Å². The lowest BCUT2D eigenvalue weighted by atomic mass is 10.0. The highest BCUT2D eigenvalue weighted by molar-refractivity contribution is 5.76. The topological polar surface area (TPSA) is 95.9 Å². The summed E-state index contributed by atoms with van der Waals surface area (Å²) in [7, 11) is 0. The summed E-state index contributed by atoms with van der Waals surface area (Å²) in [5.41, 5.74) is 0. The Morgan fingerprint density at radius 1 is 0.378 bits per heavy atom. The minimum absolute atomic E-state index is 0.00931. The Bertz CT molecular complexity index is 1150. The van der Waals surface area contributed by atoms with Gasteiger partial charge in [-0.05, 0) is 57.8 Å². The van der Waals surface area contributed by atoms with Crippen LogP contribution in [0.4, 0.5) is 0 Å². The monoisotopic (exact) mass is 1040 g/mol. The lowest BCUT2D eigenvalue weighted by Crippen LogP contribution is -2.45. The molecular formula is C68H131NO5. The molecule has 2 atom stereocenters. The molecule has 2 unspecified atom stereocenters. The van der Waals surface area contributed by atoms with Gasteiger partial charge >= 0.3 is 5.97 Å². The summed E-state index contributed by atoms with van der Waals surface area (Å²) in [6.07, 6.45) is 79.2. The van der Waals surface area contributed by atoms with E-state index in [9.17, 15) is 19.8 Å². The molecule has 0 spiro atoms. The number of carbonyl (C=O) groups excluding carboxylic acids is 2. The number of nitrogens with one attached hydrogen (secondary N) is 1. The van der Waals surface area contributed by atoms with Gasteiger partial charge in [-0.2, -0.15) is 0 Å². The number of hydrogen-bond donors (Lipinski definition) is 3. The second-order valence-electron chi connectivity index (χ2n) is 23.2. The van der Waals surface area contributed by atoms with E-state index < -0.39 is 12.1 Å². The normalized spacial score (nSPS) is 12.6. The summed E-state index contributed by atoms with van der Waals surface area (Å²) in [5, 5.41) is 23.4. The van der Waals surface area contributed by atoms with E-state index in [-0.39, 0.29) is 18.5 Å². The molecule has 0 aliphatic rings. The first-order valence-corrected chi connectivity index (χ1v) is 33.6. The molecule has 0 saturated carbocycles. The number of ether oxygens (including phenoxy) is 1. The van der Waals surface area contributed by atoms with Gasteiger partial charge in [0.05, 0.1) is 25.4 Å². The smallest absolute Gasteiger partial charge is 0.305 e. The molecule has 0 aliphatic heterocycles. The van der Waals surface area contributed by atoms with E-state index in [2.05, 4.69) is 43.5 Å². The zero-order chi connectivity index (χ0) is 53.6. The van der Waals surface area contributed by atoms with E-state index in [0.717, 1.165) is 44.9 Å². The van der Waals surface area contributed by atoms with Crippen molar-refractivity contribution in [1.29, 1.82) is 0 Å². The SMILES string of the molecule is CCCCCCCCCCCCCCCCCCCCCCCC(O)C(CO)NC(=O)CCCCCCCCC/C=C\C/C=C\CCCCCCCCCCCOC(=O)CCCCCCCCCCCCCCC. The minimum Gasteiger partial charge on any atom is -0.466 e. The van der Waals surface area contributed by atoms with Crippen LogP contribution < -0.4 is 5.32 Å². The van der Waals surface area contributed by atoms with Crippen molar-refractivity contribution in [3.05, 3.63) is 24.3 Å². The van der Waals surface area contributed by atoms with Crippen LogP contribution in [0.5, 0.6) is 0 Å². The fraction of sp³-hybridized carbons (Fsp3) is 0.912. The lowest BCUT2D eigenvalue weighted by Gasteiger charge is -2.22. The molecule has 0 saturated heterocycles. The predicted octanol–water partition coefficient (Wildman–Crippen LogP) is 21.4. The van der Waals surface area contributed by atoms with Crippen LogP contribution in [0.25, 0.3) is 0 Å². The van der Waals surface area contributed by atoms with Crippen LogP contribution in [0, 0.1) is 0 Å². The first-order valence-electron chi connectivity index (χ1n) is 33.6. The zero-order valence-electron chi connectivity index (χ0n) is 50.1. The molecule has 6 nitrogen and oxygen atoms in total. The molecule has 0 aliphatic carbocycles. The molecule has 74 heavy (non-hydrogen) atoms. The summed E-state index contributed by atoms with van der Waals surface area (Å²) >= 11 is 0. The van der Waals surface area contributed by atoms with Gasteiger partial charge in [0.25, 0.3) is 0 Å². The Morgan fingerprint density at radius 3 is 1.03 bits per heavy atom. The maximum Gasteiger partial charge on any atom is 0.305 e. The van der Waals surface area contributed by atoms with Gasteiger partial charge < -0.3 is 20.3 Å². The summed E-state index contributed by atoms with van der Waals surface area (Å²) in [5.74, 6) is -0.0322. The highest BCUT2D eigenvalue weighted by Gasteiger charge is 2.20. The van der Waals surface area contributed by atoms with E-state index in [0.29, 0.717) is 25.9 Å². The molecule has 0 aromatic heterocycles. The van der Waals surface area contributed by atoms with Crippen molar-refractivity contribution in [2.75, 3.05) is 13.2 Å². The van der Waals surface area contributed by atoms with Crippen LogP contribution in [0.1, 0.15) is 373 Å². The molecule has 0 rings (SSSR count). The number of aliphatic hydroxyl groups excluding tert-OH is 2. The van der Waals surface area contributed by atoms with Crippen molar-refractivity contribution in [3.63, 3.8) is 0 Å². The number of aliphatic hydroxyl groups is 2. The highest BCUT2D eigenvalue weighted by atomic mass is 16.5. The summed E-state index contributed by atoms with van der Waals surface area (Å²) < 4.78 is 5.48. The average Bonchev–Trinajstić information content (AvgIpc) is 3.40. The third kappa shape index (κ3) is 59.6. The van der Waals surface area contributed by atoms with Gasteiger partial charge in [-0.25, -0.2) is 0 Å². The molecule has 0 fully saturated rings. The second-order valence-corrected chi connectivity index (χ2v) is 23.2. The van der Waals surface area contributed by atoms with Crippen LogP contribution in [-0.4, -0.2) is 47.4 Å². The minimum atomic E-state index is -0.672. The molecule has 0 aromatic rings.